The monoisotopic (exact) mass is 527 g/mol. The summed E-state index contributed by atoms with van der Waals surface area (Å²) in [6, 6.07) is 10.3. The Bertz CT molecular complexity index is 1240. The van der Waals surface area contributed by atoms with Crippen molar-refractivity contribution in [2.75, 3.05) is 26.9 Å². The third kappa shape index (κ3) is 6.31. The van der Waals surface area contributed by atoms with Gasteiger partial charge in [0.15, 0.2) is 29.7 Å². The van der Waals surface area contributed by atoms with Crippen LogP contribution in [0.5, 0.6) is 17.2 Å². The van der Waals surface area contributed by atoms with Crippen LogP contribution in [0.25, 0.3) is 0 Å². The molecule has 0 saturated carbocycles. The fourth-order valence-electron chi connectivity index (χ4n) is 4.08. The number of allylic oxidation sites excluding steroid dienone is 2. The SMILES string of the molecule is CCOC(=O)C1=C(C)NC(C)=C(C(=O)OCC)C1c1ccc(OC(=O)COc2ccccc2F)c(OC)c1. The summed E-state index contributed by atoms with van der Waals surface area (Å²) < 4.78 is 40.3. The Kier molecular flexibility index (Phi) is 9.48. The van der Waals surface area contributed by atoms with Crippen LogP contribution in [0.3, 0.4) is 0 Å². The summed E-state index contributed by atoms with van der Waals surface area (Å²) in [6.07, 6.45) is 0. The first kappa shape index (κ1) is 28.2. The zero-order valence-electron chi connectivity index (χ0n) is 21.9. The minimum absolute atomic E-state index is 0.0732. The van der Waals surface area contributed by atoms with E-state index >= 15 is 0 Å². The molecule has 0 aromatic heterocycles. The number of para-hydroxylation sites is 1. The van der Waals surface area contributed by atoms with E-state index in [9.17, 15) is 18.8 Å². The number of benzene rings is 2. The van der Waals surface area contributed by atoms with Gasteiger partial charge in [-0.1, -0.05) is 18.2 Å². The van der Waals surface area contributed by atoms with E-state index in [4.69, 9.17) is 23.7 Å². The zero-order chi connectivity index (χ0) is 27.8. The van der Waals surface area contributed by atoms with Crippen LogP contribution in [0, 0.1) is 5.82 Å². The number of nitrogens with one attached hydrogen (secondary N) is 1. The van der Waals surface area contributed by atoms with Crippen molar-refractivity contribution < 1.29 is 42.5 Å². The van der Waals surface area contributed by atoms with Crippen LogP contribution in [0.2, 0.25) is 0 Å². The summed E-state index contributed by atoms with van der Waals surface area (Å²) in [5.74, 6) is -3.24. The average molecular weight is 528 g/mol. The van der Waals surface area contributed by atoms with Crippen molar-refractivity contribution in [3.05, 3.63) is 76.4 Å². The second kappa shape index (κ2) is 12.8. The van der Waals surface area contributed by atoms with Crippen LogP contribution in [-0.2, 0) is 23.9 Å². The molecule has 0 atom stereocenters. The third-order valence-corrected chi connectivity index (χ3v) is 5.68. The Hall–Kier alpha value is -4.34. The van der Waals surface area contributed by atoms with Gasteiger partial charge in [0.25, 0.3) is 0 Å². The minimum Gasteiger partial charge on any atom is -0.493 e. The minimum atomic E-state index is -0.836. The number of hydrogen-bond donors (Lipinski definition) is 1. The number of ether oxygens (including phenoxy) is 5. The van der Waals surface area contributed by atoms with E-state index in [1.54, 1.807) is 45.9 Å². The van der Waals surface area contributed by atoms with Crippen molar-refractivity contribution in [2.45, 2.75) is 33.6 Å². The molecule has 202 valence electrons. The van der Waals surface area contributed by atoms with E-state index < -0.39 is 36.2 Å². The molecule has 1 aliphatic rings. The predicted molar refractivity (Wildman–Crippen MR) is 135 cm³/mol. The first-order valence-electron chi connectivity index (χ1n) is 12.0. The number of esters is 3. The summed E-state index contributed by atoms with van der Waals surface area (Å²) in [6.45, 7) is 6.56. The molecule has 0 unspecified atom stereocenters. The third-order valence-electron chi connectivity index (χ3n) is 5.68. The summed E-state index contributed by atoms with van der Waals surface area (Å²) in [5.41, 5.74) is 2.05. The van der Waals surface area contributed by atoms with Gasteiger partial charge in [0.05, 0.1) is 37.4 Å². The van der Waals surface area contributed by atoms with Gasteiger partial charge in [0.2, 0.25) is 0 Å². The Morgan fingerprint density at radius 2 is 1.47 bits per heavy atom. The molecule has 2 aromatic carbocycles. The Balaban J connectivity index is 1.94. The van der Waals surface area contributed by atoms with E-state index in [0.717, 1.165) is 0 Å². The smallest absolute Gasteiger partial charge is 0.349 e. The molecular weight excluding hydrogens is 497 g/mol. The van der Waals surface area contributed by atoms with E-state index in [0.29, 0.717) is 17.0 Å². The van der Waals surface area contributed by atoms with Gasteiger partial charge in [-0.25, -0.2) is 18.8 Å². The highest BCUT2D eigenvalue weighted by atomic mass is 19.1. The lowest BCUT2D eigenvalue weighted by Crippen LogP contribution is -2.32. The second-order valence-electron chi connectivity index (χ2n) is 8.18. The molecule has 0 aliphatic carbocycles. The lowest BCUT2D eigenvalue weighted by Gasteiger charge is -2.30. The van der Waals surface area contributed by atoms with Crippen molar-refractivity contribution in [1.29, 1.82) is 0 Å². The van der Waals surface area contributed by atoms with Gasteiger partial charge in [-0.2, -0.15) is 0 Å². The second-order valence-corrected chi connectivity index (χ2v) is 8.18. The molecule has 0 amide bonds. The van der Waals surface area contributed by atoms with Crippen molar-refractivity contribution in [3.8, 4) is 17.2 Å². The molecular formula is C28H30FNO8. The number of carbonyl (C=O) groups is 3. The van der Waals surface area contributed by atoms with Crippen molar-refractivity contribution >= 4 is 17.9 Å². The molecule has 2 aromatic rings. The summed E-state index contributed by atoms with van der Waals surface area (Å²) in [7, 11) is 1.38. The first-order valence-corrected chi connectivity index (χ1v) is 12.0. The van der Waals surface area contributed by atoms with Crippen LogP contribution in [0.1, 0.15) is 39.2 Å². The molecule has 9 nitrogen and oxygen atoms in total. The summed E-state index contributed by atoms with van der Waals surface area (Å²) in [4.78, 5) is 38.3. The lowest BCUT2D eigenvalue weighted by molar-refractivity contribution is -0.140. The van der Waals surface area contributed by atoms with Crippen LogP contribution in [-0.4, -0.2) is 44.8 Å². The lowest BCUT2D eigenvalue weighted by atomic mass is 9.80. The Morgan fingerprint density at radius 3 is 2.03 bits per heavy atom. The van der Waals surface area contributed by atoms with Crippen molar-refractivity contribution in [2.24, 2.45) is 0 Å². The topological polar surface area (TPSA) is 109 Å². The van der Waals surface area contributed by atoms with Gasteiger partial charge < -0.3 is 29.0 Å². The van der Waals surface area contributed by atoms with Crippen molar-refractivity contribution in [1.82, 2.24) is 5.32 Å². The Morgan fingerprint density at radius 1 is 0.868 bits per heavy atom. The van der Waals surface area contributed by atoms with Crippen LogP contribution >= 0.6 is 0 Å². The van der Waals surface area contributed by atoms with Gasteiger partial charge >= 0.3 is 17.9 Å². The molecule has 0 bridgehead atoms. The molecule has 1 N–H and O–H groups in total. The Labute approximate surface area is 220 Å². The van der Waals surface area contributed by atoms with Crippen LogP contribution in [0.15, 0.2) is 65.0 Å². The highest BCUT2D eigenvalue weighted by Gasteiger charge is 2.38. The normalized spacial score (nSPS) is 13.5. The maximum Gasteiger partial charge on any atom is 0.349 e. The molecule has 0 fully saturated rings. The molecule has 3 rings (SSSR count). The molecule has 38 heavy (non-hydrogen) atoms. The van der Waals surface area contributed by atoms with Crippen LogP contribution < -0.4 is 19.5 Å². The highest BCUT2D eigenvalue weighted by Crippen LogP contribution is 2.42. The molecule has 0 radical (unpaired) electrons. The average Bonchev–Trinajstić information content (AvgIpc) is 2.88. The number of methoxy groups -OCH3 is 1. The fourth-order valence-corrected chi connectivity index (χ4v) is 4.08. The quantitative estimate of drug-likeness (QED) is 0.359. The van der Waals surface area contributed by atoms with Gasteiger partial charge in [-0.3, -0.25) is 0 Å². The number of rotatable bonds is 10. The number of dihydropyridines is 1. The van der Waals surface area contributed by atoms with Gasteiger partial charge in [-0.15, -0.1) is 0 Å². The zero-order valence-corrected chi connectivity index (χ0v) is 21.9. The molecule has 0 saturated heterocycles. The molecule has 0 spiro atoms. The predicted octanol–water partition coefficient (Wildman–Crippen LogP) is 4.18. The molecule has 10 heteroatoms. The summed E-state index contributed by atoms with van der Waals surface area (Å²) in [5, 5.41) is 3.07. The van der Waals surface area contributed by atoms with Crippen LogP contribution in [0.4, 0.5) is 4.39 Å². The van der Waals surface area contributed by atoms with Gasteiger partial charge in [0, 0.05) is 11.4 Å². The van der Waals surface area contributed by atoms with Gasteiger partial charge in [-0.05, 0) is 57.5 Å². The fraction of sp³-hybridized carbons (Fsp3) is 0.321. The molecule has 1 aliphatic heterocycles. The largest absolute Gasteiger partial charge is 0.493 e. The van der Waals surface area contributed by atoms with E-state index in [1.165, 1.54) is 31.4 Å². The van der Waals surface area contributed by atoms with Crippen molar-refractivity contribution in [3.63, 3.8) is 0 Å². The number of halogens is 1. The van der Waals surface area contributed by atoms with E-state index in [-0.39, 0.29) is 41.6 Å². The number of hydrogen-bond acceptors (Lipinski definition) is 9. The summed E-state index contributed by atoms with van der Waals surface area (Å²) >= 11 is 0. The highest BCUT2D eigenvalue weighted by molar-refractivity contribution is 6.00. The van der Waals surface area contributed by atoms with E-state index in [2.05, 4.69) is 5.32 Å². The molecule has 1 heterocycles. The number of carbonyl (C=O) groups excluding carboxylic acids is 3. The first-order chi connectivity index (χ1) is 18.2. The maximum atomic E-state index is 13.8. The van der Waals surface area contributed by atoms with E-state index in [1.807, 2.05) is 0 Å². The maximum absolute atomic E-state index is 13.8. The van der Waals surface area contributed by atoms with Gasteiger partial charge in [0.1, 0.15) is 0 Å². The standard InChI is InChI=1S/C28H30FNO8/c1-6-35-27(32)24-16(3)30-17(4)25(28(33)36-7-2)26(24)18-12-13-21(22(14-18)34-5)38-23(31)15-37-20-11-9-8-10-19(20)29/h8-14,26,30H,6-7,15H2,1-5H3.